The van der Waals surface area contributed by atoms with Crippen molar-refractivity contribution in [3.63, 3.8) is 0 Å². The van der Waals surface area contributed by atoms with Gasteiger partial charge >= 0.3 is 0 Å². The molecule has 3 heterocycles. The number of anilines is 1. The second-order valence-electron chi connectivity index (χ2n) is 5.61. The van der Waals surface area contributed by atoms with Crippen LogP contribution in [0.4, 0.5) is 5.82 Å². The first-order valence-corrected chi connectivity index (χ1v) is 7.66. The van der Waals surface area contributed by atoms with Crippen LogP contribution in [0.3, 0.4) is 0 Å². The van der Waals surface area contributed by atoms with Gasteiger partial charge < -0.3 is 15.2 Å². The van der Waals surface area contributed by atoms with Gasteiger partial charge in [0.2, 0.25) is 0 Å². The summed E-state index contributed by atoms with van der Waals surface area (Å²) in [7, 11) is 2.24. The van der Waals surface area contributed by atoms with Crippen molar-refractivity contribution in [3.05, 3.63) is 21.2 Å². The molecule has 104 valence electrons. The fourth-order valence-electron chi connectivity index (χ4n) is 3.41. The van der Waals surface area contributed by atoms with Crippen molar-refractivity contribution in [1.82, 2.24) is 14.9 Å². The predicted molar refractivity (Wildman–Crippen MR) is 78.4 cm³/mol. The quantitative estimate of drug-likeness (QED) is 0.872. The van der Waals surface area contributed by atoms with Gasteiger partial charge in [0.15, 0.2) is 0 Å². The average molecular weight is 327 g/mol. The number of nitrogens with one attached hydrogen (secondary N) is 2. The number of aromatic amines is 1. The van der Waals surface area contributed by atoms with Gasteiger partial charge in [-0.25, -0.2) is 4.98 Å². The fraction of sp³-hybridized carbons (Fsp3) is 0.692. The number of rotatable bonds is 2. The third kappa shape index (κ3) is 2.56. The van der Waals surface area contributed by atoms with E-state index in [0.29, 0.717) is 28.4 Å². The first kappa shape index (κ1) is 13.1. The Morgan fingerprint density at radius 2 is 2.11 bits per heavy atom. The minimum atomic E-state index is -0.134. The lowest BCUT2D eigenvalue weighted by atomic mass is 9.82. The van der Waals surface area contributed by atoms with Gasteiger partial charge in [-0.3, -0.25) is 4.79 Å². The molecule has 0 amide bonds. The van der Waals surface area contributed by atoms with Gasteiger partial charge in [0.25, 0.3) is 5.56 Å². The Balaban J connectivity index is 1.74. The van der Waals surface area contributed by atoms with Crippen LogP contribution in [0.1, 0.15) is 32.1 Å². The zero-order chi connectivity index (χ0) is 13.4. The van der Waals surface area contributed by atoms with E-state index in [1.165, 1.54) is 25.6 Å². The van der Waals surface area contributed by atoms with Gasteiger partial charge in [-0.2, -0.15) is 0 Å². The molecule has 6 heteroatoms. The van der Waals surface area contributed by atoms with E-state index >= 15 is 0 Å². The van der Waals surface area contributed by atoms with Gasteiger partial charge in [-0.15, -0.1) is 0 Å². The van der Waals surface area contributed by atoms with Crippen molar-refractivity contribution >= 4 is 21.7 Å². The van der Waals surface area contributed by atoms with E-state index in [1.807, 2.05) is 0 Å². The Hall–Kier alpha value is -0.880. The first-order valence-electron chi connectivity index (χ1n) is 6.87. The van der Waals surface area contributed by atoms with Crippen molar-refractivity contribution in [1.29, 1.82) is 0 Å². The Labute approximate surface area is 120 Å². The summed E-state index contributed by atoms with van der Waals surface area (Å²) in [6, 6.07) is 1.76. The highest BCUT2D eigenvalue weighted by atomic mass is 79.9. The number of H-pyrrole nitrogens is 1. The minimum Gasteiger partial charge on any atom is -0.366 e. The van der Waals surface area contributed by atoms with Crippen LogP contribution in [-0.4, -0.2) is 40.0 Å². The molecule has 2 bridgehead atoms. The topological polar surface area (TPSA) is 61.0 Å². The molecule has 0 aliphatic carbocycles. The number of piperidine rings is 2. The lowest BCUT2D eigenvalue weighted by Crippen LogP contribution is -2.52. The molecule has 2 fully saturated rings. The van der Waals surface area contributed by atoms with Gasteiger partial charge in [-0.1, -0.05) is 6.42 Å². The third-order valence-corrected chi connectivity index (χ3v) is 5.21. The molecule has 2 N–H and O–H groups in total. The van der Waals surface area contributed by atoms with Crippen molar-refractivity contribution in [3.8, 4) is 0 Å². The number of hydrogen-bond acceptors (Lipinski definition) is 4. The maximum Gasteiger partial charge on any atom is 0.267 e. The van der Waals surface area contributed by atoms with E-state index in [0.717, 1.165) is 12.8 Å². The van der Waals surface area contributed by atoms with E-state index in [-0.39, 0.29) is 5.56 Å². The standard InChI is InChI=1S/C13H19BrN4O/c1-18-9-3-2-4-10(18)6-8(5-9)17-12-11(14)13(19)16-7-15-12/h7-10H,2-6H2,1H3,(H2,15,16,17,19). The summed E-state index contributed by atoms with van der Waals surface area (Å²) in [5.41, 5.74) is -0.134. The Morgan fingerprint density at radius 1 is 1.42 bits per heavy atom. The van der Waals surface area contributed by atoms with Crippen molar-refractivity contribution in [2.45, 2.75) is 50.2 Å². The highest BCUT2D eigenvalue weighted by Gasteiger charge is 2.36. The zero-order valence-electron chi connectivity index (χ0n) is 11.0. The average Bonchev–Trinajstić information content (AvgIpc) is 2.36. The van der Waals surface area contributed by atoms with Crippen molar-refractivity contribution < 1.29 is 0 Å². The Morgan fingerprint density at radius 3 is 2.79 bits per heavy atom. The summed E-state index contributed by atoms with van der Waals surface area (Å²) in [6.07, 6.45) is 7.64. The molecule has 2 atom stereocenters. The van der Waals surface area contributed by atoms with E-state index < -0.39 is 0 Å². The van der Waals surface area contributed by atoms with Crippen LogP contribution in [0.25, 0.3) is 0 Å². The van der Waals surface area contributed by atoms with Crippen LogP contribution in [-0.2, 0) is 0 Å². The largest absolute Gasteiger partial charge is 0.366 e. The monoisotopic (exact) mass is 326 g/mol. The summed E-state index contributed by atoms with van der Waals surface area (Å²) in [4.78, 5) is 20.8. The van der Waals surface area contributed by atoms with Gasteiger partial charge in [-0.05, 0) is 48.7 Å². The van der Waals surface area contributed by atoms with Gasteiger partial charge in [0.05, 0.1) is 6.33 Å². The second-order valence-corrected chi connectivity index (χ2v) is 6.40. The summed E-state index contributed by atoms with van der Waals surface area (Å²) in [6.45, 7) is 0. The van der Waals surface area contributed by atoms with Crippen LogP contribution < -0.4 is 10.9 Å². The molecule has 2 aliphatic heterocycles. The second kappa shape index (κ2) is 5.25. The molecule has 0 aromatic carbocycles. The van der Waals surface area contributed by atoms with Crippen LogP contribution in [0.5, 0.6) is 0 Å². The number of hydrogen-bond donors (Lipinski definition) is 2. The summed E-state index contributed by atoms with van der Waals surface area (Å²) in [5, 5.41) is 3.43. The van der Waals surface area contributed by atoms with Gasteiger partial charge in [0, 0.05) is 18.1 Å². The minimum absolute atomic E-state index is 0.134. The molecule has 3 rings (SSSR count). The molecular formula is C13H19BrN4O. The predicted octanol–water partition coefficient (Wildman–Crippen LogP) is 1.96. The molecule has 2 aliphatic rings. The zero-order valence-corrected chi connectivity index (χ0v) is 12.6. The fourth-order valence-corrected chi connectivity index (χ4v) is 3.74. The van der Waals surface area contributed by atoms with Crippen LogP contribution >= 0.6 is 15.9 Å². The van der Waals surface area contributed by atoms with Crippen molar-refractivity contribution in [2.24, 2.45) is 0 Å². The number of halogens is 1. The molecule has 5 nitrogen and oxygen atoms in total. The SMILES string of the molecule is CN1C2CCCC1CC(Nc1nc[nH]c(=O)c1Br)C2. The molecule has 1 aromatic heterocycles. The smallest absolute Gasteiger partial charge is 0.267 e. The first-order chi connectivity index (χ1) is 9.15. The van der Waals surface area contributed by atoms with Crippen LogP contribution in [0.15, 0.2) is 15.6 Å². The van der Waals surface area contributed by atoms with Crippen molar-refractivity contribution in [2.75, 3.05) is 12.4 Å². The summed E-state index contributed by atoms with van der Waals surface area (Å²) >= 11 is 3.30. The maximum atomic E-state index is 11.5. The Kier molecular flexibility index (Phi) is 3.62. The van der Waals surface area contributed by atoms with Crippen LogP contribution in [0, 0.1) is 0 Å². The number of aromatic nitrogens is 2. The van der Waals surface area contributed by atoms with E-state index in [4.69, 9.17) is 0 Å². The van der Waals surface area contributed by atoms with Crippen LogP contribution in [0.2, 0.25) is 0 Å². The number of fused-ring (bicyclic) bond motifs is 2. The Bertz CT molecular complexity index is 504. The highest BCUT2D eigenvalue weighted by Crippen LogP contribution is 2.34. The molecule has 19 heavy (non-hydrogen) atoms. The van der Waals surface area contributed by atoms with Gasteiger partial charge in [0.1, 0.15) is 10.3 Å². The lowest BCUT2D eigenvalue weighted by Gasteiger charge is -2.47. The molecule has 2 unspecified atom stereocenters. The molecule has 2 saturated heterocycles. The van der Waals surface area contributed by atoms with E-state index in [9.17, 15) is 4.79 Å². The number of nitrogens with zero attached hydrogens (tertiary/aromatic N) is 2. The molecular weight excluding hydrogens is 308 g/mol. The summed E-state index contributed by atoms with van der Waals surface area (Å²) in [5.74, 6) is 0.663. The molecule has 0 radical (unpaired) electrons. The maximum absolute atomic E-state index is 11.5. The normalized spacial score (nSPS) is 31.2. The van der Waals surface area contributed by atoms with E-state index in [1.54, 1.807) is 0 Å². The molecule has 0 saturated carbocycles. The summed E-state index contributed by atoms with van der Waals surface area (Å²) < 4.78 is 0.499. The molecule has 0 spiro atoms. The highest BCUT2D eigenvalue weighted by molar-refractivity contribution is 9.10. The van der Waals surface area contributed by atoms with E-state index in [2.05, 4.69) is 43.2 Å². The third-order valence-electron chi connectivity index (χ3n) is 4.48. The molecule has 1 aromatic rings. The lowest BCUT2D eigenvalue weighted by molar-refractivity contribution is 0.0607.